The van der Waals surface area contributed by atoms with Crippen LogP contribution < -0.4 is 9.80 Å². The summed E-state index contributed by atoms with van der Waals surface area (Å²) >= 11 is 0. The van der Waals surface area contributed by atoms with Gasteiger partial charge in [-0.15, -0.1) is 0 Å². The van der Waals surface area contributed by atoms with E-state index in [1.54, 1.807) is 0 Å². The van der Waals surface area contributed by atoms with Gasteiger partial charge in [0.2, 0.25) is 0 Å². The molecule has 0 fully saturated rings. The second-order valence-electron chi connectivity index (χ2n) is 18.8. The molecule has 1 heterocycles. The smallest absolute Gasteiger partial charge is 0.0568 e. The molecule has 3 heteroatoms. The monoisotopic (exact) mass is 929 g/mol. The van der Waals surface area contributed by atoms with Crippen LogP contribution in [0.1, 0.15) is 0 Å². The maximum atomic E-state index is 2.51. The lowest BCUT2D eigenvalue weighted by Crippen LogP contribution is -2.11. The Hall–Kier alpha value is -9.70. The number of fused-ring (bicyclic) bond motifs is 9. The molecule has 0 saturated heterocycles. The fraction of sp³-hybridized carbons (Fsp3) is 0. The first-order valence-corrected chi connectivity index (χ1v) is 25.1. The first-order valence-electron chi connectivity index (χ1n) is 25.1. The van der Waals surface area contributed by atoms with E-state index < -0.39 is 0 Å². The number of anilines is 6. The summed E-state index contributed by atoms with van der Waals surface area (Å²) in [5, 5.41) is 11.9. The molecule has 0 aliphatic rings. The Morgan fingerprint density at radius 1 is 0.233 bits per heavy atom. The number of para-hydroxylation sites is 1. The van der Waals surface area contributed by atoms with E-state index in [-0.39, 0.29) is 0 Å². The normalized spacial score (nSPS) is 11.6. The van der Waals surface area contributed by atoms with Gasteiger partial charge in [0.15, 0.2) is 0 Å². The fourth-order valence-corrected chi connectivity index (χ4v) is 11.4. The van der Waals surface area contributed by atoms with Crippen molar-refractivity contribution in [2.24, 2.45) is 0 Å². The van der Waals surface area contributed by atoms with Crippen LogP contribution in [0.2, 0.25) is 0 Å². The first kappa shape index (κ1) is 42.2. The third-order valence-corrected chi connectivity index (χ3v) is 14.7. The quantitative estimate of drug-likeness (QED) is 0.143. The molecule has 0 aliphatic heterocycles. The Morgan fingerprint density at radius 2 is 0.562 bits per heavy atom. The van der Waals surface area contributed by atoms with Crippen molar-refractivity contribution in [2.75, 3.05) is 9.80 Å². The molecule has 0 bridgehead atoms. The first-order chi connectivity index (χ1) is 36.2. The highest BCUT2D eigenvalue weighted by Gasteiger charge is 2.27. The van der Waals surface area contributed by atoms with Gasteiger partial charge in [0.25, 0.3) is 0 Å². The van der Waals surface area contributed by atoms with Gasteiger partial charge in [-0.2, -0.15) is 0 Å². The fourth-order valence-electron chi connectivity index (χ4n) is 11.4. The third kappa shape index (κ3) is 7.13. The summed E-state index contributed by atoms with van der Waals surface area (Å²) in [6.45, 7) is 0. The number of nitrogens with zero attached hydrogens (tertiary/aromatic N) is 3. The molecule has 0 amide bonds. The van der Waals surface area contributed by atoms with E-state index in [4.69, 9.17) is 0 Å². The van der Waals surface area contributed by atoms with Crippen LogP contribution in [0.15, 0.2) is 285 Å². The van der Waals surface area contributed by atoms with Gasteiger partial charge < -0.3 is 14.4 Å². The molecule has 3 nitrogen and oxygen atoms in total. The summed E-state index contributed by atoms with van der Waals surface area (Å²) in [5.74, 6) is 0. The Labute approximate surface area is 424 Å². The average molecular weight is 930 g/mol. The minimum absolute atomic E-state index is 1.08. The molecule has 14 aromatic rings. The van der Waals surface area contributed by atoms with Crippen LogP contribution in [-0.4, -0.2) is 4.57 Å². The van der Waals surface area contributed by atoms with Crippen LogP contribution in [0.3, 0.4) is 0 Å². The average Bonchev–Trinajstić information content (AvgIpc) is 3.81. The van der Waals surface area contributed by atoms with Crippen molar-refractivity contribution in [1.29, 1.82) is 0 Å². The van der Waals surface area contributed by atoms with E-state index in [9.17, 15) is 0 Å². The summed E-state index contributed by atoms with van der Waals surface area (Å²) in [4.78, 5) is 4.97. The van der Waals surface area contributed by atoms with E-state index in [0.29, 0.717) is 0 Å². The highest BCUT2D eigenvalue weighted by molar-refractivity contribution is 6.32. The van der Waals surface area contributed by atoms with Gasteiger partial charge in [0.1, 0.15) is 0 Å². The van der Waals surface area contributed by atoms with Gasteiger partial charge in [-0.3, -0.25) is 0 Å². The molecule has 0 saturated carbocycles. The Bertz CT molecular complexity index is 4080. The van der Waals surface area contributed by atoms with E-state index in [1.807, 2.05) is 0 Å². The van der Waals surface area contributed by atoms with Gasteiger partial charge in [-0.25, -0.2) is 0 Å². The van der Waals surface area contributed by atoms with Crippen LogP contribution >= 0.6 is 0 Å². The predicted octanol–water partition coefficient (Wildman–Crippen LogP) is 19.7. The molecule has 0 spiro atoms. The van der Waals surface area contributed by atoms with Crippen LogP contribution in [0, 0.1) is 0 Å². The van der Waals surface area contributed by atoms with Crippen LogP contribution in [0.4, 0.5) is 34.1 Å². The lowest BCUT2D eigenvalue weighted by atomic mass is 9.96. The highest BCUT2D eigenvalue weighted by Crippen LogP contribution is 2.51. The lowest BCUT2D eigenvalue weighted by molar-refractivity contribution is 1.18. The topological polar surface area (TPSA) is 11.4 Å². The van der Waals surface area contributed by atoms with Gasteiger partial charge in [0, 0.05) is 49.4 Å². The Balaban J connectivity index is 1.09. The zero-order valence-electron chi connectivity index (χ0n) is 40.0. The van der Waals surface area contributed by atoms with Crippen molar-refractivity contribution >= 4 is 99.0 Å². The van der Waals surface area contributed by atoms with Crippen molar-refractivity contribution in [2.45, 2.75) is 0 Å². The lowest BCUT2D eigenvalue weighted by Gasteiger charge is -2.29. The van der Waals surface area contributed by atoms with Gasteiger partial charge in [0.05, 0.1) is 33.8 Å². The maximum Gasteiger partial charge on any atom is 0.0568 e. The number of hydrogen-bond acceptors (Lipinski definition) is 2. The van der Waals surface area contributed by atoms with Gasteiger partial charge in [-0.05, 0) is 104 Å². The van der Waals surface area contributed by atoms with Crippen LogP contribution in [0.25, 0.3) is 92.8 Å². The minimum Gasteiger partial charge on any atom is -0.309 e. The second-order valence-corrected chi connectivity index (χ2v) is 18.8. The maximum absolute atomic E-state index is 2.51. The predicted molar refractivity (Wildman–Crippen MR) is 311 cm³/mol. The Morgan fingerprint density at radius 3 is 0.986 bits per heavy atom. The summed E-state index contributed by atoms with van der Waals surface area (Å²) < 4.78 is 2.51. The summed E-state index contributed by atoms with van der Waals surface area (Å²) in [6.07, 6.45) is 0. The molecule has 14 rings (SSSR count). The summed E-state index contributed by atoms with van der Waals surface area (Å²) in [6, 6.07) is 104. The molecule has 73 heavy (non-hydrogen) atoms. The molecular weight excluding hydrogens is 883 g/mol. The van der Waals surface area contributed by atoms with Crippen LogP contribution in [0.5, 0.6) is 0 Å². The largest absolute Gasteiger partial charge is 0.309 e. The van der Waals surface area contributed by atoms with E-state index in [1.165, 1.54) is 76.1 Å². The minimum atomic E-state index is 1.08. The molecule has 13 aromatic carbocycles. The number of rotatable bonds is 9. The van der Waals surface area contributed by atoms with Gasteiger partial charge >= 0.3 is 0 Å². The van der Waals surface area contributed by atoms with Crippen molar-refractivity contribution < 1.29 is 0 Å². The standard InChI is InChI=1S/C70H47N3/c1-4-20-48(21-5-1)50-38-42-55(43-39-50)71(63-36-18-26-52-24-10-12-30-57(52)63)65-46-67-69(61-34-16-14-32-59(61)65)70-62-35-17-15-33-60(62)66(47-68(70)73(67)54-28-8-3-9-29-54)72(64-37-19-27-53-25-11-13-31-58(53)64)56-44-40-51(41-45-56)49-22-6-2-7-23-49/h1-47H. The molecule has 0 radical (unpaired) electrons. The van der Waals surface area contributed by atoms with Crippen molar-refractivity contribution in [3.8, 4) is 27.9 Å². The van der Waals surface area contributed by atoms with Crippen molar-refractivity contribution in [3.63, 3.8) is 0 Å². The number of aromatic nitrogens is 1. The summed E-state index contributed by atoms with van der Waals surface area (Å²) in [5.41, 5.74) is 14.7. The molecule has 342 valence electrons. The second kappa shape index (κ2) is 17.6. The molecule has 0 N–H and O–H groups in total. The molecule has 0 aliphatic carbocycles. The molecule has 1 aromatic heterocycles. The SMILES string of the molecule is c1ccc(-c2ccc(N(c3cccc4ccccc34)c3cc4c(c5ccccc35)c3c5ccccc5c(N(c5ccc(-c6ccccc6)cc5)c5cccc6ccccc56)cc3n4-c3ccccc3)cc2)cc1. The van der Waals surface area contributed by atoms with Crippen LogP contribution in [-0.2, 0) is 0 Å². The third-order valence-electron chi connectivity index (χ3n) is 14.7. The highest BCUT2D eigenvalue weighted by atomic mass is 15.2. The molecule has 0 unspecified atom stereocenters. The summed E-state index contributed by atoms with van der Waals surface area (Å²) in [7, 11) is 0. The van der Waals surface area contributed by atoms with E-state index >= 15 is 0 Å². The number of hydrogen-bond donors (Lipinski definition) is 0. The molecular formula is C70H47N3. The number of benzene rings is 13. The molecule has 0 atom stereocenters. The Kier molecular flexibility index (Phi) is 10.2. The van der Waals surface area contributed by atoms with Gasteiger partial charge in [-0.1, -0.05) is 224 Å². The zero-order valence-corrected chi connectivity index (χ0v) is 40.0. The van der Waals surface area contributed by atoms with E-state index in [2.05, 4.69) is 299 Å². The zero-order chi connectivity index (χ0) is 48.2. The van der Waals surface area contributed by atoms with Crippen molar-refractivity contribution in [1.82, 2.24) is 4.57 Å². The van der Waals surface area contributed by atoms with Crippen molar-refractivity contribution in [3.05, 3.63) is 285 Å². The van der Waals surface area contributed by atoms with E-state index in [0.717, 1.165) is 50.8 Å².